The fourth-order valence-corrected chi connectivity index (χ4v) is 0.936. The summed E-state index contributed by atoms with van der Waals surface area (Å²) < 4.78 is 13.4. The molecule has 0 aliphatic heterocycles. The molecule has 0 unspecified atom stereocenters. The Morgan fingerprint density at radius 1 is 1.11 bits per heavy atom. The Kier molecular flexibility index (Phi) is 7.72. The molecule has 3 heteroatoms. The van der Waals surface area contributed by atoms with Crippen LogP contribution in [-0.4, -0.2) is 5.16 Å². The van der Waals surface area contributed by atoms with Crippen LogP contribution >= 0.6 is 12.2 Å². The Bertz CT molecular complexity index is 588. The van der Waals surface area contributed by atoms with E-state index in [4.69, 9.17) is 0 Å². The summed E-state index contributed by atoms with van der Waals surface area (Å²) in [5, 5.41) is 2.03. The van der Waals surface area contributed by atoms with Gasteiger partial charge in [-0.3, -0.25) is 0 Å². The zero-order valence-corrected chi connectivity index (χ0v) is 11.6. The number of isothiocyanates is 1. The Labute approximate surface area is 118 Å². The molecular formula is C16H14FNS. The van der Waals surface area contributed by atoms with Crippen LogP contribution in [0.15, 0.2) is 77.8 Å². The van der Waals surface area contributed by atoms with Gasteiger partial charge < -0.3 is 0 Å². The van der Waals surface area contributed by atoms with Crippen LogP contribution in [0.25, 0.3) is 0 Å². The maximum absolute atomic E-state index is 13.4. The van der Waals surface area contributed by atoms with Gasteiger partial charge in [0.25, 0.3) is 0 Å². The number of allylic oxidation sites excluding steroid dienone is 7. The molecule has 0 saturated carbocycles. The number of aliphatic imine (C=N–C) groups is 1. The number of halogens is 1. The highest BCUT2D eigenvalue weighted by atomic mass is 32.1. The van der Waals surface area contributed by atoms with Crippen molar-refractivity contribution in [2.45, 2.75) is 6.92 Å². The first-order valence-corrected chi connectivity index (χ1v) is 5.65. The summed E-state index contributed by atoms with van der Waals surface area (Å²) >= 11 is 4.35. The zero-order chi connectivity index (χ0) is 14.8. The highest BCUT2D eigenvalue weighted by Gasteiger charge is 1.98. The fraction of sp³-hybridized carbons (Fsp3) is 0.0625. The molecule has 0 bridgehead atoms. The van der Waals surface area contributed by atoms with E-state index in [0.29, 0.717) is 5.57 Å². The van der Waals surface area contributed by atoms with E-state index >= 15 is 0 Å². The van der Waals surface area contributed by atoms with Gasteiger partial charge in [-0.1, -0.05) is 49.8 Å². The molecule has 1 nitrogen and oxygen atoms in total. The molecule has 19 heavy (non-hydrogen) atoms. The first-order valence-electron chi connectivity index (χ1n) is 5.24. The summed E-state index contributed by atoms with van der Waals surface area (Å²) in [7, 11) is 0. The molecule has 0 aromatic rings. The van der Waals surface area contributed by atoms with Crippen LogP contribution in [-0.2, 0) is 0 Å². The van der Waals surface area contributed by atoms with Crippen LogP contribution in [0.4, 0.5) is 4.39 Å². The first kappa shape index (κ1) is 16.7. The van der Waals surface area contributed by atoms with Gasteiger partial charge in [0.05, 0.1) is 5.16 Å². The topological polar surface area (TPSA) is 12.4 Å². The van der Waals surface area contributed by atoms with Gasteiger partial charge in [-0.05, 0) is 31.3 Å². The molecule has 0 aromatic carbocycles. The maximum atomic E-state index is 13.4. The molecule has 0 amide bonds. The van der Waals surface area contributed by atoms with Crippen molar-refractivity contribution in [1.29, 1.82) is 0 Å². The summed E-state index contributed by atoms with van der Waals surface area (Å²) in [4.78, 5) is 3.42. The molecule has 0 N–H and O–H groups in total. The van der Waals surface area contributed by atoms with Gasteiger partial charge >= 0.3 is 0 Å². The lowest BCUT2D eigenvalue weighted by molar-refractivity contribution is 0.650. The smallest absolute Gasteiger partial charge is 0.150 e. The van der Waals surface area contributed by atoms with Gasteiger partial charge in [0, 0.05) is 11.1 Å². The van der Waals surface area contributed by atoms with Gasteiger partial charge in [-0.25, -0.2) is 4.39 Å². The molecule has 0 aliphatic carbocycles. The predicted octanol–water partition coefficient (Wildman–Crippen LogP) is 4.70. The van der Waals surface area contributed by atoms with E-state index in [9.17, 15) is 4.39 Å². The SMILES string of the molecule is C=C(C)/C=C\C(=C)C#CC(=C)/C=C(/F)C(=C)N=C=S. The van der Waals surface area contributed by atoms with E-state index in [-0.39, 0.29) is 11.3 Å². The van der Waals surface area contributed by atoms with E-state index in [0.717, 1.165) is 11.6 Å². The lowest BCUT2D eigenvalue weighted by atomic mass is 10.2. The minimum atomic E-state index is -0.653. The highest BCUT2D eigenvalue weighted by Crippen LogP contribution is 2.12. The quantitative estimate of drug-likeness (QED) is 0.305. The van der Waals surface area contributed by atoms with E-state index < -0.39 is 5.83 Å². The van der Waals surface area contributed by atoms with Crippen LogP contribution < -0.4 is 0 Å². The Morgan fingerprint density at radius 2 is 1.68 bits per heavy atom. The van der Waals surface area contributed by atoms with Crippen molar-refractivity contribution in [3.63, 3.8) is 0 Å². The highest BCUT2D eigenvalue weighted by molar-refractivity contribution is 7.78. The van der Waals surface area contributed by atoms with Crippen LogP contribution in [0, 0.1) is 11.8 Å². The van der Waals surface area contributed by atoms with Crippen LogP contribution in [0.5, 0.6) is 0 Å². The Morgan fingerprint density at radius 3 is 2.21 bits per heavy atom. The third-order valence-electron chi connectivity index (χ3n) is 1.71. The van der Waals surface area contributed by atoms with Gasteiger partial charge in [-0.15, -0.1) is 0 Å². The van der Waals surface area contributed by atoms with Crippen molar-refractivity contribution < 1.29 is 4.39 Å². The second-order valence-corrected chi connectivity index (χ2v) is 3.80. The van der Waals surface area contributed by atoms with Crippen molar-refractivity contribution in [3.05, 3.63) is 72.8 Å². The number of hydrogen-bond acceptors (Lipinski definition) is 2. The summed E-state index contributed by atoms with van der Waals surface area (Å²) in [6, 6.07) is 0. The molecular weight excluding hydrogens is 257 g/mol. The first-order chi connectivity index (χ1) is 8.86. The van der Waals surface area contributed by atoms with Crippen molar-refractivity contribution in [3.8, 4) is 11.8 Å². The number of thiocarbonyl (C=S) groups is 1. The molecule has 0 fully saturated rings. The standard InChI is InChI=1S/C16H14FNS/c1-12(2)6-7-13(3)8-9-14(4)10-16(17)15(5)18-11-19/h6-7,10H,1,3-5H2,2H3/b7-6-,16-10+. The largest absolute Gasteiger partial charge is 0.205 e. The van der Waals surface area contributed by atoms with Crippen LogP contribution in [0.3, 0.4) is 0 Å². The monoisotopic (exact) mass is 271 g/mol. The minimum absolute atomic E-state index is 0.112. The average molecular weight is 271 g/mol. The lowest BCUT2D eigenvalue weighted by Crippen LogP contribution is -1.79. The van der Waals surface area contributed by atoms with Crippen LogP contribution in [0.1, 0.15) is 6.92 Å². The van der Waals surface area contributed by atoms with Gasteiger partial charge in [-0.2, -0.15) is 4.99 Å². The second-order valence-electron chi connectivity index (χ2n) is 3.62. The van der Waals surface area contributed by atoms with Crippen molar-refractivity contribution >= 4 is 17.4 Å². The summed E-state index contributed by atoms with van der Waals surface area (Å²) in [6.45, 7) is 16.3. The van der Waals surface area contributed by atoms with Gasteiger partial charge in [0.15, 0.2) is 0 Å². The van der Waals surface area contributed by atoms with Gasteiger partial charge in [0.1, 0.15) is 11.5 Å². The second kappa shape index (κ2) is 8.77. The molecule has 96 valence electrons. The van der Waals surface area contributed by atoms with Crippen LogP contribution in [0.2, 0.25) is 0 Å². The number of rotatable bonds is 5. The zero-order valence-electron chi connectivity index (χ0n) is 10.8. The number of nitrogens with zero attached hydrogens (tertiary/aromatic N) is 1. The Hall–Kier alpha value is -2.27. The fourth-order valence-electron chi connectivity index (χ4n) is 0.826. The molecule has 0 atom stereocenters. The van der Waals surface area contributed by atoms with E-state index in [1.807, 2.05) is 12.1 Å². The molecule has 0 saturated heterocycles. The van der Waals surface area contributed by atoms with E-state index in [1.54, 1.807) is 12.2 Å². The van der Waals surface area contributed by atoms with Crippen molar-refractivity contribution in [2.75, 3.05) is 0 Å². The molecule has 0 spiro atoms. The molecule has 0 aromatic heterocycles. The van der Waals surface area contributed by atoms with Gasteiger partial charge in [0.2, 0.25) is 0 Å². The lowest BCUT2D eigenvalue weighted by Gasteiger charge is -1.92. The average Bonchev–Trinajstić information content (AvgIpc) is 2.34. The minimum Gasteiger partial charge on any atom is -0.205 e. The van der Waals surface area contributed by atoms with Crippen molar-refractivity contribution in [1.82, 2.24) is 0 Å². The summed E-state index contributed by atoms with van der Waals surface area (Å²) in [5.41, 5.74) is 1.64. The third kappa shape index (κ3) is 8.45. The van der Waals surface area contributed by atoms with Crippen molar-refractivity contribution in [2.24, 2.45) is 4.99 Å². The number of hydrogen-bond donors (Lipinski definition) is 0. The molecule has 0 aliphatic rings. The Balaban J connectivity index is 4.77. The maximum Gasteiger partial charge on any atom is 0.150 e. The normalized spacial score (nSPS) is 10.1. The summed E-state index contributed by atoms with van der Waals surface area (Å²) in [6.07, 6.45) is 4.63. The predicted molar refractivity (Wildman–Crippen MR) is 83.4 cm³/mol. The summed E-state index contributed by atoms with van der Waals surface area (Å²) in [5.74, 6) is 4.74. The van der Waals surface area contributed by atoms with E-state index in [2.05, 4.69) is 55.4 Å². The molecule has 0 heterocycles. The van der Waals surface area contributed by atoms with E-state index in [1.165, 1.54) is 0 Å². The molecule has 0 rings (SSSR count). The third-order valence-corrected chi connectivity index (χ3v) is 1.80. The molecule has 0 radical (unpaired) electrons.